The predicted octanol–water partition coefficient (Wildman–Crippen LogP) is 2.77. The Labute approximate surface area is 126 Å². The summed E-state index contributed by atoms with van der Waals surface area (Å²) in [5, 5.41) is 5.32. The van der Waals surface area contributed by atoms with Crippen molar-refractivity contribution in [3.05, 3.63) is 29.8 Å². The normalized spacial score (nSPS) is 10.0. The summed E-state index contributed by atoms with van der Waals surface area (Å²) in [6, 6.07) is 7.16. The van der Waals surface area contributed by atoms with Crippen molar-refractivity contribution in [3.8, 4) is 0 Å². The first kappa shape index (κ1) is 17.0. The molecule has 0 aliphatic carbocycles. The number of urea groups is 1. The van der Waals surface area contributed by atoms with Crippen molar-refractivity contribution < 1.29 is 9.59 Å². The second-order valence-corrected chi connectivity index (χ2v) is 5.00. The molecular formula is C16H25N3O2. The predicted molar refractivity (Wildman–Crippen MR) is 85.4 cm³/mol. The highest BCUT2D eigenvalue weighted by Crippen LogP contribution is 2.08. The highest BCUT2D eigenvalue weighted by atomic mass is 16.2. The number of carbonyl (C=O) groups excluding carboxylic acids is 2. The second-order valence-electron chi connectivity index (χ2n) is 5.00. The Morgan fingerprint density at radius 3 is 2.62 bits per heavy atom. The van der Waals surface area contributed by atoms with Crippen LogP contribution in [0.1, 0.15) is 32.3 Å². The molecule has 0 radical (unpaired) electrons. The van der Waals surface area contributed by atoms with Crippen LogP contribution in [0.3, 0.4) is 0 Å². The Bertz CT molecular complexity index is 474. The number of anilines is 1. The van der Waals surface area contributed by atoms with E-state index in [1.165, 1.54) is 0 Å². The quantitative estimate of drug-likeness (QED) is 0.811. The molecule has 0 spiro atoms. The summed E-state index contributed by atoms with van der Waals surface area (Å²) in [6.45, 7) is 7.42. The first-order valence-corrected chi connectivity index (χ1v) is 7.46. The molecule has 0 atom stereocenters. The Balaban J connectivity index is 2.39. The summed E-state index contributed by atoms with van der Waals surface area (Å²) in [4.78, 5) is 25.5. The first-order valence-electron chi connectivity index (χ1n) is 7.46. The Morgan fingerprint density at radius 2 is 2.00 bits per heavy atom. The van der Waals surface area contributed by atoms with Gasteiger partial charge in [0.2, 0.25) is 5.91 Å². The molecule has 0 saturated heterocycles. The minimum atomic E-state index is -0.361. The van der Waals surface area contributed by atoms with Crippen molar-refractivity contribution in [2.45, 2.75) is 33.6 Å². The molecule has 2 N–H and O–H groups in total. The third-order valence-electron chi connectivity index (χ3n) is 3.19. The fourth-order valence-corrected chi connectivity index (χ4v) is 1.97. The van der Waals surface area contributed by atoms with E-state index < -0.39 is 0 Å². The minimum absolute atomic E-state index is 0.0230. The van der Waals surface area contributed by atoms with Gasteiger partial charge in [-0.3, -0.25) is 4.79 Å². The summed E-state index contributed by atoms with van der Waals surface area (Å²) < 4.78 is 0. The second kappa shape index (κ2) is 9.00. The van der Waals surface area contributed by atoms with E-state index >= 15 is 0 Å². The van der Waals surface area contributed by atoms with Crippen LogP contribution in [-0.4, -0.2) is 36.5 Å². The van der Waals surface area contributed by atoms with E-state index in [2.05, 4.69) is 17.6 Å². The zero-order chi connectivity index (χ0) is 15.7. The van der Waals surface area contributed by atoms with Gasteiger partial charge >= 0.3 is 6.03 Å². The van der Waals surface area contributed by atoms with Crippen molar-refractivity contribution in [1.82, 2.24) is 10.2 Å². The van der Waals surface area contributed by atoms with Gasteiger partial charge in [-0.05, 0) is 38.0 Å². The maximum absolute atomic E-state index is 12.0. The molecule has 0 fully saturated rings. The molecule has 0 unspecified atom stereocenters. The molecule has 0 aliphatic heterocycles. The van der Waals surface area contributed by atoms with Crippen molar-refractivity contribution in [2.75, 3.05) is 25.0 Å². The summed E-state index contributed by atoms with van der Waals surface area (Å²) in [5.74, 6) is -0.0506. The molecule has 3 amide bonds. The fourth-order valence-electron chi connectivity index (χ4n) is 1.97. The van der Waals surface area contributed by atoms with E-state index in [9.17, 15) is 9.59 Å². The average molecular weight is 291 g/mol. The smallest absolute Gasteiger partial charge is 0.319 e. The number of hydrogen-bond donors (Lipinski definition) is 2. The van der Waals surface area contributed by atoms with Crippen LogP contribution >= 0.6 is 0 Å². The number of benzene rings is 1. The first-order chi connectivity index (χ1) is 10.1. The maximum Gasteiger partial charge on any atom is 0.319 e. The molecule has 1 aromatic carbocycles. The minimum Gasteiger partial charge on any atom is -0.341 e. The molecule has 5 nitrogen and oxygen atoms in total. The molecule has 1 rings (SSSR count). The van der Waals surface area contributed by atoms with Crippen LogP contribution in [0.5, 0.6) is 0 Å². The van der Waals surface area contributed by atoms with E-state index in [0.717, 1.165) is 30.6 Å². The van der Waals surface area contributed by atoms with Crippen LogP contribution in [0.25, 0.3) is 0 Å². The van der Waals surface area contributed by atoms with Gasteiger partial charge in [0.25, 0.3) is 0 Å². The lowest BCUT2D eigenvalue weighted by atomic mass is 10.2. The van der Waals surface area contributed by atoms with Crippen LogP contribution in [0.15, 0.2) is 24.3 Å². The molecule has 116 valence electrons. The zero-order valence-electron chi connectivity index (χ0n) is 13.1. The van der Waals surface area contributed by atoms with Crippen LogP contribution in [0.4, 0.5) is 10.5 Å². The number of nitrogens with zero attached hydrogens (tertiary/aromatic N) is 1. The van der Waals surface area contributed by atoms with Gasteiger partial charge in [0.1, 0.15) is 0 Å². The molecule has 0 heterocycles. The molecule has 1 aromatic rings. The molecule has 0 aliphatic rings. The van der Waals surface area contributed by atoms with Crippen molar-refractivity contribution in [2.24, 2.45) is 0 Å². The van der Waals surface area contributed by atoms with Crippen LogP contribution in [-0.2, 0) is 4.79 Å². The Hall–Kier alpha value is -2.04. The monoisotopic (exact) mass is 291 g/mol. The molecule has 0 bridgehead atoms. The standard InChI is InChI=1S/C16H25N3O2/c1-4-6-10-19(5-2)15(20)12-17-16(21)18-14-9-7-8-13(3)11-14/h7-9,11H,4-6,10,12H2,1-3H3,(H2,17,18,21). The number of carbonyl (C=O) groups is 2. The number of unbranched alkanes of at least 4 members (excludes halogenated alkanes) is 1. The lowest BCUT2D eigenvalue weighted by Gasteiger charge is -2.20. The lowest BCUT2D eigenvalue weighted by Crippen LogP contribution is -2.41. The topological polar surface area (TPSA) is 61.4 Å². The summed E-state index contributed by atoms with van der Waals surface area (Å²) >= 11 is 0. The van der Waals surface area contributed by atoms with Gasteiger partial charge in [0.15, 0.2) is 0 Å². The molecule has 21 heavy (non-hydrogen) atoms. The number of nitrogens with one attached hydrogen (secondary N) is 2. The van der Waals surface area contributed by atoms with Gasteiger partial charge in [0, 0.05) is 18.8 Å². The fraction of sp³-hybridized carbons (Fsp3) is 0.500. The van der Waals surface area contributed by atoms with Crippen molar-refractivity contribution in [3.63, 3.8) is 0 Å². The van der Waals surface area contributed by atoms with Gasteiger partial charge in [0.05, 0.1) is 6.54 Å². The van der Waals surface area contributed by atoms with E-state index in [-0.39, 0.29) is 18.5 Å². The maximum atomic E-state index is 12.0. The van der Waals surface area contributed by atoms with Gasteiger partial charge < -0.3 is 15.5 Å². The van der Waals surface area contributed by atoms with Gasteiger partial charge in [-0.2, -0.15) is 0 Å². The van der Waals surface area contributed by atoms with Gasteiger partial charge in [-0.15, -0.1) is 0 Å². The van der Waals surface area contributed by atoms with Crippen LogP contribution in [0, 0.1) is 6.92 Å². The van der Waals surface area contributed by atoms with Crippen molar-refractivity contribution >= 4 is 17.6 Å². The lowest BCUT2D eigenvalue weighted by molar-refractivity contribution is -0.129. The Morgan fingerprint density at radius 1 is 1.24 bits per heavy atom. The molecule has 0 saturated carbocycles. The number of likely N-dealkylation sites (N-methyl/N-ethyl adjacent to an activating group) is 1. The van der Waals surface area contributed by atoms with E-state index in [4.69, 9.17) is 0 Å². The van der Waals surface area contributed by atoms with Gasteiger partial charge in [-0.1, -0.05) is 25.5 Å². The summed E-state index contributed by atoms with van der Waals surface area (Å²) in [7, 11) is 0. The van der Waals surface area contributed by atoms with E-state index in [0.29, 0.717) is 6.54 Å². The van der Waals surface area contributed by atoms with Crippen molar-refractivity contribution in [1.29, 1.82) is 0 Å². The van der Waals surface area contributed by atoms with Crippen LogP contribution in [0.2, 0.25) is 0 Å². The number of amides is 3. The zero-order valence-corrected chi connectivity index (χ0v) is 13.1. The third-order valence-corrected chi connectivity index (χ3v) is 3.19. The average Bonchev–Trinajstić information content (AvgIpc) is 2.46. The highest BCUT2D eigenvalue weighted by molar-refractivity contribution is 5.92. The molecule has 0 aromatic heterocycles. The number of aryl methyl sites for hydroxylation is 1. The molecular weight excluding hydrogens is 266 g/mol. The van der Waals surface area contributed by atoms with E-state index in [1.807, 2.05) is 38.1 Å². The van der Waals surface area contributed by atoms with Gasteiger partial charge in [-0.25, -0.2) is 4.79 Å². The SMILES string of the molecule is CCCCN(CC)C(=O)CNC(=O)Nc1cccc(C)c1. The molecule has 5 heteroatoms. The Kier molecular flexibility index (Phi) is 7.29. The largest absolute Gasteiger partial charge is 0.341 e. The highest BCUT2D eigenvalue weighted by Gasteiger charge is 2.12. The van der Waals surface area contributed by atoms with E-state index in [1.54, 1.807) is 4.90 Å². The number of hydrogen-bond acceptors (Lipinski definition) is 2. The third kappa shape index (κ3) is 6.29. The summed E-state index contributed by atoms with van der Waals surface area (Å²) in [6.07, 6.45) is 2.03. The van der Waals surface area contributed by atoms with Crippen LogP contribution < -0.4 is 10.6 Å². The number of rotatable bonds is 7. The summed E-state index contributed by atoms with van der Waals surface area (Å²) in [5.41, 5.74) is 1.79.